The molecule has 1 aliphatic rings. The van der Waals surface area contributed by atoms with E-state index in [0.717, 1.165) is 0 Å². The standard InChI is InChI=1S/C14H26FNO3/c1-10(2)11-8-16(7-6-14(11,15)9-17)12(18)19-13(3,4)5/h10-11,17H,6-9H2,1-5H3. The van der Waals surface area contributed by atoms with Crippen molar-refractivity contribution in [1.29, 1.82) is 0 Å². The normalized spacial score (nSPS) is 28.6. The number of aliphatic hydroxyl groups excluding tert-OH is 1. The van der Waals surface area contributed by atoms with E-state index in [1.54, 1.807) is 4.90 Å². The van der Waals surface area contributed by atoms with Gasteiger partial charge in [-0.05, 0) is 26.7 Å². The van der Waals surface area contributed by atoms with Crippen molar-refractivity contribution in [2.45, 2.75) is 52.3 Å². The van der Waals surface area contributed by atoms with Crippen LogP contribution in [0.2, 0.25) is 0 Å². The van der Waals surface area contributed by atoms with Crippen LogP contribution in [0.15, 0.2) is 0 Å². The van der Waals surface area contributed by atoms with E-state index in [-0.39, 0.29) is 24.8 Å². The fourth-order valence-electron chi connectivity index (χ4n) is 2.50. The molecule has 1 aliphatic heterocycles. The van der Waals surface area contributed by atoms with Crippen molar-refractivity contribution in [3.8, 4) is 0 Å². The Bertz CT molecular complexity index is 327. The molecule has 1 amide bonds. The molecule has 1 fully saturated rings. The molecule has 0 aliphatic carbocycles. The Morgan fingerprint density at radius 1 is 1.53 bits per heavy atom. The molecule has 2 atom stereocenters. The number of halogens is 1. The van der Waals surface area contributed by atoms with E-state index in [1.807, 2.05) is 34.6 Å². The van der Waals surface area contributed by atoms with Gasteiger partial charge in [-0.25, -0.2) is 9.18 Å². The molecule has 4 nitrogen and oxygen atoms in total. The Hall–Kier alpha value is -0.840. The minimum atomic E-state index is -1.59. The van der Waals surface area contributed by atoms with Gasteiger partial charge in [0.2, 0.25) is 0 Å². The van der Waals surface area contributed by atoms with Crippen LogP contribution < -0.4 is 0 Å². The molecule has 0 aromatic rings. The Labute approximate surface area is 114 Å². The van der Waals surface area contributed by atoms with Gasteiger partial charge >= 0.3 is 6.09 Å². The lowest BCUT2D eigenvalue weighted by Gasteiger charge is -2.44. The summed E-state index contributed by atoms with van der Waals surface area (Å²) in [6, 6.07) is 0. The number of piperidine rings is 1. The SMILES string of the molecule is CC(C)C1CN(C(=O)OC(C)(C)C)CCC1(F)CO. The number of aliphatic hydroxyl groups is 1. The van der Waals surface area contributed by atoms with Crippen LogP contribution in [-0.4, -0.2) is 47.1 Å². The van der Waals surface area contributed by atoms with Gasteiger partial charge < -0.3 is 14.7 Å². The van der Waals surface area contributed by atoms with Crippen molar-refractivity contribution < 1.29 is 19.0 Å². The highest BCUT2D eigenvalue weighted by atomic mass is 19.1. The lowest BCUT2D eigenvalue weighted by Crippen LogP contribution is -2.55. The third-order valence-corrected chi connectivity index (χ3v) is 3.60. The van der Waals surface area contributed by atoms with Gasteiger partial charge in [0.05, 0.1) is 6.61 Å². The summed E-state index contributed by atoms with van der Waals surface area (Å²) in [5, 5.41) is 9.27. The first-order chi connectivity index (χ1) is 8.59. The summed E-state index contributed by atoms with van der Waals surface area (Å²) in [6.07, 6.45) is -0.246. The Kier molecular flexibility index (Phi) is 4.82. The van der Waals surface area contributed by atoms with Crippen LogP contribution in [0.5, 0.6) is 0 Å². The highest BCUT2D eigenvalue weighted by Crippen LogP contribution is 2.36. The molecule has 1 heterocycles. The summed E-state index contributed by atoms with van der Waals surface area (Å²) in [4.78, 5) is 13.5. The van der Waals surface area contributed by atoms with Crippen molar-refractivity contribution in [3.05, 3.63) is 0 Å². The molecular formula is C14H26FNO3. The van der Waals surface area contributed by atoms with Crippen LogP contribution in [0.1, 0.15) is 41.0 Å². The Morgan fingerprint density at radius 3 is 2.53 bits per heavy atom. The molecule has 112 valence electrons. The van der Waals surface area contributed by atoms with E-state index >= 15 is 0 Å². The molecule has 19 heavy (non-hydrogen) atoms. The molecule has 2 unspecified atom stereocenters. The molecule has 0 saturated carbocycles. The van der Waals surface area contributed by atoms with E-state index in [2.05, 4.69) is 0 Å². The molecule has 0 bridgehead atoms. The van der Waals surface area contributed by atoms with Gasteiger partial charge in [0.25, 0.3) is 0 Å². The van der Waals surface area contributed by atoms with E-state index in [1.165, 1.54) is 0 Å². The smallest absolute Gasteiger partial charge is 0.410 e. The van der Waals surface area contributed by atoms with Gasteiger partial charge in [-0.3, -0.25) is 0 Å². The number of carbonyl (C=O) groups excluding carboxylic acids is 1. The Morgan fingerprint density at radius 2 is 2.11 bits per heavy atom. The first-order valence-corrected chi connectivity index (χ1v) is 6.87. The number of amides is 1. The van der Waals surface area contributed by atoms with Crippen molar-refractivity contribution in [2.75, 3.05) is 19.7 Å². The third-order valence-electron chi connectivity index (χ3n) is 3.60. The zero-order chi connectivity index (χ0) is 14.8. The van der Waals surface area contributed by atoms with E-state index in [0.29, 0.717) is 6.54 Å². The summed E-state index contributed by atoms with van der Waals surface area (Å²) in [5.41, 5.74) is -2.14. The average Bonchev–Trinajstić information content (AvgIpc) is 2.26. The van der Waals surface area contributed by atoms with Crippen molar-refractivity contribution in [2.24, 2.45) is 11.8 Å². The second kappa shape index (κ2) is 5.65. The summed E-state index contributed by atoms with van der Waals surface area (Å²) in [6.45, 7) is 9.34. The number of ether oxygens (including phenoxy) is 1. The summed E-state index contributed by atoms with van der Waals surface area (Å²) >= 11 is 0. The largest absolute Gasteiger partial charge is 0.444 e. The maximum Gasteiger partial charge on any atom is 0.410 e. The maximum atomic E-state index is 14.6. The highest BCUT2D eigenvalue weighted by Gasteiger charge is 2.46. The number of nitrogens with zero attached hydrogens (tertiary/aromatic N) is 1. The topological polar surface area (TPSA) is 49.8 Å². The van der Waals surface area contributed by atoms with Gasteiger partial charge in [0.15, 0.2) is 0 Å². The van der Waals surface area contributed by atoms with Gasteiger partial charge in [-0.15, -0.1) is 0 Å². The van der Waals surface area contributed by atoms with Gasteiger partial charge in [-0.2, -0.15) is 0 Å². The van der Waals surface area contributed by atoms with Crippen LogP contribution >= 0.6 is 0 Å². The predicted octanol–water partition coefficient (Wildman–Crippen LogP) is 2.60. The minimum Gasteiger partial charge on any atom is -0.444 e. The Balaban J connectivity index is 2.75. The molecule has 0 aromatic carbocycles. The van der Waals surface area contributed by atoms with Crippen LogP contribution in [0.25, 0.3) is 0 Å². The fourth-order valence-corrected chi connectivity index (χ4v) is 2.50. The fraction of sp³-hybridized carbons (Fsp3) is 0.929. The molecular weight excluding hydrogens is 249 g/mol. The molecule has 1 N–H and O–H groups in total. The lowest BCUT2D eigenvalue weighted by molar-refractivity contribution is -0.0630. The van der Waals surface area contributed by atoms with Crippen LogP contribution in [0, 0.1) is 11.8 Å². The van der Waals surface area contributed by atoms with Crippen molar-refractivity contribution >= 4 is 6.09 Å². The van der Waals surface area contributed by atoms with Crippen molar-refractivity contribution in [1.82, 2.24) is 4.90 Å². The molecule has 0 spiro atoms. The molecule has 5 heteroatoms. The number of alkyl halides is 1. The van der Waals surface area contributed by atoms with Crippen LogP contribution in [0.4, 0.5) is 9.18 Å². The first-order valence-electron chi connectivity index (χ1n) is 6.87. The number of hydrogen-bond donors (Lipinski definition) is 1. The van der Waals surface area contributed by atoms with Gasteiger partial charge in [0, 0.05) is 25.4 Å². The van der Waals surface area contributed by atoms with Crippen LogP contribution in [0.3, 0.4) is 0 Å². The van der Waals surface area contributed by atoms with E-state index in [9.17, 15) is 14.3 Å². The highest BCUT2D eigenvalue weighted by molar-refractivity contribution is 5.68. The maximum absolute atomic E-state index is 14.6. The monoisotopic (exact) mass is 275 g/mol. The third kappa shape index (κ3) is 4.06. The van der Waals surface area contributed by atoms with Crippen LogP contribution in [-0.2, 0) is 4.74 Å². The molecule has 0 aromatic heterocycles. The molecule has 0 radical (unpaired) electrons. The number of likely N-dealkylation sites (tertiary alicyclic amines) is 1. The summed E-state index contributed by atoms with van der Waals surface area (Å²) in [5.74, 6) is -0.304. The second-order valence-electron chi connectivity index (χ2n) is 6.72. The summed E-state index contributed by atoms with van der Waals surface area (Å²) in [7, 11) is 0. The first kappa shape index (κ1) is 16.2. The van der Waals surface area contributed by atoms with E-state index < -0.39 is 24.0 Å². The van der Waals surface area contributed by atoms with Crippen molar-refractivity contribution in [3.63, 3.8) is 0 Å². The van der Waals surface area contributed by atoms with E-state index in [4.69, 9.17) is 4.74 Å². The lowest BCUT2D eigenvalue weighted by atomic mass is 9.76. The number of carbonyl (C=O) groups is 1. The zero-order valence-corrected chi connectivity index (χ0v) is 12.6. The molecule has 1 rings (SSSR count). The summed E-state index contributed by atoms with van der Waals surface area (Å²) < 4.78 is 19.9. The number of hydrogen-bond acceptors (Lipinski definition) is 3. The molecule has 1 saturated heterocycles. The van der Waals surface area contributed by atoms with Gasteiger partial charge in [0.1, 0.15) is 11.3 Å². The quantitative estimate of drug-likeness (QED) is 0.842. The van der Waals surface area contributed by atoms with Gasteiger partial charge in [-0.1, -0.05) is 13.8 Å². The average molecular weight is 275 g/mol. The predicted molar refractivity (Wildman–Crippen MR) is 71.7 cm³/mol. The second-order valence-corrected chi connectivity index (χ2v) is 6.72. The zero-order valence-electron chi connectivity index (χ0n) is 12.6. The number of rotatable bonds is 2. The minimum absolute atomic E-state index is 0.0578.